The van der Waals surface area contributed by atoms with E-state index < -0.39 is 0 Å². The van der Waals surface area contributed by atoms with E-state index in [9.17, 15) is 5.11 Å². The maximum atomic E-state index is 9.44. The summed E-state index contributed by atoms with van der Waals surface area (Å²) in [5.74, 6) is 0.501. The Labute approximate surface area is 106 Å². The van der Waals surface area contributed by atoms with Gasteiger partial charge in [0.25, 0.3) is 0 Å². The van der Waals surface area contributed by atoms with Gasteiger partial charge >= 0.3 is 0 Å². The van der Waals surface area contributed by atoms with E-state index in [1.807, 2.05) is 12.1 Å². The Balaban J connectivity index is 2.28. The standard InChI is InChI=1S/C12H17N3OS/c1-8-3-5-15(11(8)7-16)9-2-4-14-10(6-9)12(13)17/h2,4,6,8,11,16H,3,5,7H2,1H3,(H2,13,17). The monoisotopic (exact) mass is 251 g/mol. The first-order valence-corrected chi connectivity index (χ1v) is 6.17. The minimum absolute atomic E-state index is 0.173. The van der Waals surface area contributed by atoms with Crippen molar-refractivity contribution in [2.75, 3.05) is 18.1 Å². The molecule has 0 spiro atoms. The van der Waals surface area contributed by atoms with Crippen LogP contribution in [-0.2, 0) is 0 Å². The number of pyridine rings is 1. The van der Waals surface area contributed by atoms with E-state index in [0.29, 0.717) is 16.6 Å². The van der Waals surface area contributed by atoms with Crippen LogP contribution in [0.15, 0.2) is 18.3 Å². The molecule has 17 heavy (non-hydrogen) atoms. The molecule has 4 nitrogen and oxygen atoms in total. The Hall–Kier alpha value is -1.20. The van der Waals surface area contributed by atoms with Crippen LogP contribution in [-0.4, -0.2) is 34.3 Å². The number of nitrogens with two attached hydrogens (primary N) is 1. The second-order valence-electron chi connectivity index (χ2n) is 4.47. The summed E-state index contributed by atoms with van der Waals surface area (Å²) >= 11 is 4.92. The molecular weight excluding hydrogens is 234 g/mol. The molecule has 1 fully saturated rings. The van der Waals surface area contributed by atoms with E-state index >= 15 is 0 Å². The molecule has 1 aromatic heterocycles. The molecule has 2 atom stereocenters. The number of nitrogens with zero attached hydrogens (tertiary/aromatic N) is 2. The van der Waals surface area contributed by atoms with Crippen LogP contribution in [0.25, 0.3) is 0 Å². The van der Waals surface area contributed by atoms with Crippen LogP contribution in [0.3, 0.4) is 0 Å². The third-order valence-corrected chi connectivity index (χ3v) is 3.61. The number of aromatic nitrogens is 1. The number of anilines is 1. The predicted octanol–water partition coefficient (Wildman–Crippen LogP) is 0.923. The molecule has 2 heterocycles. The van der Waals surface area contributed by atoms with Gasteiger partial charge in [0.15, 0.2) is 0 Å². The molecule has 3 N–H and O–H groups in total. The van der Waals surface area contributed by atoms with Crippen molar-refractivity contribution in [3.05, 3.63) is 24.0 Å². The summed E-state index contributed by atoms with van der Waals surface area (Å²) in [6.07, 6.45) is 2.80. The molecule has 5 heteroatoms. The van der Waals surface area contributed by atoms with Crippen molar-refractivity contribution < 1.29 is 5.11 Å². The summed E-state index contributed by atoms with van der Waals surface area (Å²) in [5, 5.41) is 9.44. The minimum atomic E-state index is 0.173. The molecule has 0 aromatic carbocycles. The lowest BCUT2D eigenvalue weighted by molar-refractivity contribution is 0.245. The molecular formula is C12H17N3OS. The highest BCUT2D eigenvalue weighted by Gasteiger charge is 2.30. The van der Waals surface area contributed by atoms with E-state index in [1.165, 1.54) is 0 Å². The maximum Gasteiger partial charge on any atom is 0.122 e. The Morgan fingerprint density at radius 2 is 2.47 bits per heavy atom. The van der Waals surface area contributed by atoms with Gasteiger partial charge in [-0.15, -0.1) is 0 Å². The second-order valence-corrected chi connectivity index (χ2v) is 4.91. The topological polar surface area (TPSA) is 62.4 Å². The van der Waals surface area contributed by atoms with Crippen LogP contribution < -0.4 is 10.6 Å². The van der Waals surface area contributed by atoms with Gasteiger partial charge in [-0.2, -0.15) is 0 Å². The van der Waals surface area contributed by atoms with Crippen molar-refractivity contribution >= 4 is 22.9 Å². The Kier molecular flexibility index (Phi) is 3.59. The highest BCUT2D eigenvalue weighted by Crippen LogP contribution is 2.29. The van der Waals surface area contributed by atoms with Crippen LogP contribution >= 0.6 is 12.2 Å². The molecule has 1 aliphatic heterocycles. The molecule has 1 saturated heterocycles. The van der Waals surface area contributed by atoms with Crippen molar-refractivity contribution in [3.63, 3.8) is 0 Å². The molecule has 0 aliphatic carbocycles. The van der Waals surface area contributed by atoms with Crippen molar-refractivity contribution in [2.45, 2.75) is 19.4 Å². The molecule has 92 valence electrons. The van der Waals surface area contributed by atoms with Gasteiger partial charge in [-0.1, -0.05) is 19.1 Å². The lowest BCUT2D eigenvalue weighted by atomic mass is 10.0. The van der Waals surface area contributed by atoms with Crippen LogP contribution in [0.5, 0.6) is 0 Å². The third-order valence-electron chi connectivity index (χ3n) is 3.40. The van der Waals surface area contributed by atoms with E-state index in [4.69, 9.17) is 18.0 Å². The van der Waals surface area contributed by atoms with Crippen LogP contribution in [0, 0.1) is 5.92 Å². The predicted molar refractivity (Wildman–Crippen MR) is 72.1 cm³/mol. The maximum absolute atomic E-state index is 9.44. The number of hydrogen-bond donors (Lipinski definition) is 2. The zero-order valence-electron chi connectivity index (χ0n) is 9.84. The van der Waals surface area contributed by atoms with Gasteiger partial charge in [-0.05, 0) is 24.5 Å². The van der Waals surface area contributed by atoms with Crippen molar-refractivity contribution in [1.82, 2.24) is 4.98 Å². The van der Waals surface area contributed by atoms with E-state index in [1.54, 1.807) is 6.20 Å². The summed E-state index contributed by atoms with van der Waals surface area (Å²) in [4.78, 5) is 6.63. The van der Waals surface area contributed by atoms with Gasteiger partial charge in [-0.3, -0.25) is 4.98 Å². The first-order chi connectivity index (χ1) is 8.13. The normalized spacial score (nSPS) is 24.0. The summed E-state index contributed by atoms with van der Waals surface area (Å²) in [7, 11) is 0. The number of thiocarbonyl (C=S) groups is 1. The average Bonchev–Trinajstić information content (AvgIpc) is 2.70. The van der Waals surface area contributed by atoms with Gasteiger partial charge in [0.2, 0.25) is 0 Å². The Morgan fingerprint density at radius 1 is 1.71 bits per heavy atom. The lowest BCUT2D eigenvalue weighted by Crippen LogP contribution is -2.35. The lowest BCUT2D eigenvalue weighted by Gasteiger charge is -2.27. The van der Waals surface area contributed by atoms with Gasteiger partial charge in [0.1, 0.15) is 4.99 Å². The van der Waals surface area contributed by atoms with Crippen molar-refractivity contribution in [1.29, 1.82) is 0 Å². The number of hydrogen-bond acceptors (Lipinski definition) is 4. The number of aliphatic hydroxyl groups excluding tert-OH is 1. The number of rotatable bonds is 3. The first kappa shape index (κ1) is 12.3. The Bertz CT molecular complexity index is 424. The third kappa shape index (κ3) is 2.40. The van der Waals surface area contributed by atoms with E-state index in [0.717, 1.165) is 18.7 Å². The Morgan fingerprint density at radius 3 is 3.12 bits per heavy atom. The molecule has 0 bridgehead atoms. The summed E-state index contributed by atoms with van der Waals surface area (Å²) in [6.45, 7) is 3.29. The van der Waals surface area contributed by atoms with Gasteiger partial charge < -0.3 is 15.7 Å². The summed E-state index contributed by atoms with van der Waals surface area (Å²) in [5.41, 5.74) is 7.24. The van der Waals surface area contributed by atoms with Crippen molar-refractivity contribution in [2.24, 2.45) is 11.7 Å². The minimum Gasteiger partial charge on any atom is -0.394 e. The van der Waals surface area contributed by atoms with E-state index in [-0.39, 0.29) is 12.6 Å². The quantitative estimate of drug-likeness (QED) is 0.782. The largest absolute Gasteiger partial charge is 0.394 e. The highest BCUT2D eigenvalue weighted by molar-refractivity contribution is 7.80. The second kappa shape index (κ2) is 4.98. The fraction of sp³-hybridized carbons (Fsp3) is 0.500. The molecule has 2 unspecified atom stereocenters. The van der Waals surface area contributed by atoms with Gasteiger partial charge in [-0.25, -0.2) is 0 Å². The highest BCUT2D eigenvalue weighted by atomic mass is 32.1. The fourth-order valence-electron chi connectivity index (χ4n) is 2.34. The first-order valence-electron chi connectivity index (χ1n) is 5.77. The van der Waals surface area contributed by atoms with Crippen molar-refractivity contribution in [3.8, 4) is 0 Å². The molecule has 1 aliphatic rings. The fourth-order valence-corrected chi connectivity index (χ4v) is 2.45. The SMILES string of the molecule is CC1CCN(c2ccnc(C(N)=S)c2)C1CO. The molecule has 1 aromatic rings. The molecule has 0 saturated carbocycles. The molecule has 0 radical (unpaired) electrons. The van der Waals surface area contributed by atoms with Crippen LogP contribution in [0.2, 0.25) is 0 Å². The number of aliphatic hydroxyl groups is 1. The van der Waals surface area contributed by atoms with Crippen LogP contribution in [0.4, 0.5) is 5.69 Å². The average molecular weight is 251 g/mol. The van der Waals surface area contributed by atoms with Crippen LogP contribution in [0.1, 0.15) is 19.0 Å². The van der Waals surface area contributed by atoms with Gasteiger partial charge in [0, 0.05) is 18.4 Å². The summed E-state index contributed by atoms with van der Waals surface area (Å²) < 4.78 is 0. The summed E-state index contributed by atoms with van der Waals surface area (Å²) in [6, 6.07) is 4.00. The van der Waals surface area contributed by atoms with E-state index in [2.05, 4.69) is 16.8 Å². The van der Waals surface area contributed by atoms with Gasteiger partial charge in [0.05, 0.1) is 18.3 Å². The zero-order valence-corrected chi connectivity index (χ0v) is 10.7. The smallest absolute Gasteiger partial charge is 0.122 e. The molecule has 2 rings (SSSR count). The molecule has 0 amide bonds. The zero-order chi connectivity index (χ0) is 12.4.